The van der Waals surface area contributed by atoms with Crippen LogP contribution < -0.4 is 0 Å². The molecule has 106 valence electrons. The number of Topliss-reactive ketones (excluding diaryl/α,β-unsaturated/α-hetero) is 1. The second-order valence-electron chi connectivity index (χ2n) is 5.61. The Morgan fingerprint density at radius 3 is 2.50 bits per heavy atom. The number of hydrogen-bond donors (Lipinski definition) is 0. The van der Waals surface area contributed by atoms with Crippen LogP contribution in [0.3, 0.4) is 0 Å². The molecule has 0 radical (unpaired) electrons. The van der Waals surface area contributed by atoms with Gasteiger partial charge in [-0.25, -0.2) is 0 Å². The number of hydrogen-bond acceptors (Lipinski definition) is 1. The van der Waals surface area contributed by atoms with Crippen LogP contribution in [-0.4, -0.2) is 5.78 Å². The van der Waals surface area contributed by atoms with E-state index in [0.29, 0.717) is 18.1 Å². The highest BCUT2D eigenvalue weighted by atomic mass is 16.1. The molecule has 2 aromatic rings. The average molecular weight is 268 g/mol. The van der Waals surface area contributed by atoms with Gasteiger partial charge in [0.1, 0.15) is 0 Å². The predicted molar refractivity (Wildman–Crippen MR) is 86.2 cm³/mol. The quantitative estimate of drug-likeness (QED) is 0.595. The molecule has 0 heterocycles. The maximum Gasteiger partial charge on any atom is 0.163 e. The molecule has 0 fully saturated rings. The summed E-state index contributed by atoms with van der Waals surface area (Å²) in [6, 6.07) is 14.3. The Kier molecular flexibility index (Phi) is 5.34. The number of benzene rings is 2. The molecule has 0 aliphatic heterocycles. The summed E-state index contributed by atoms with van der Waals surface area (Å²) < 4.78 is 0. The first-order chi connectivity index (χ1) is 9.74. The molecular weight excluding hydrogens is 244 g/mol. The van der Waals surface area contributed by atoms with Crippen LogP contribution in [0.4, 0.5) is 0 Å². The number of fused-ring (bicyclic) bond motifs is 1. The summed E-state index contributed by atoms with van der Waals surface area (Å²) in [7, 11) is 0. The minimum absolute atomic E-state index is 0.290. The monoisotopic (exact) mass is 268 g/mol. The Hall–Kier alpha value is -1.63. The molecule has 0 aliphatic rings. The van der Waals surface area contributed by atoms with Gasteiger partial charge in [0, 0.05) is 12.0 Å². The van der Waals surface area contributed by atoms with Crippen molar-refractivity contribution in [2.75, 3.05) is 0 Å². The van der Waals surface area contributed by atoms with Crippen LogP contribution in [0, 0.1) is 5.92 Å². The van der Waals surface area contributed by atoms with Crippen molar-refractivity contribution in [2.45, 2.75) is 46.0 Å². The predicted octanol–water partition coefficient (Wildman–Crippen LogP) is 5.63. The van der Waals surface area contributed by atoms with Gasteiger partial charge in [-0.2, -0.15) is 0 Å². The molecule has 0 saturated carbocycles. The van der Waals surface area contributed by atoms with Crippen LogP contribution >= 0.6 is 0 Å². The summed E-state index contributed by atoms with van der Waals surface area (Å²) in [6.45, 7) is 4.39. The lowest BCUT2D eigenvalue weighted by Gasteiger charge is -2.13. The fourth-order valence-electron chi connectivity index (χ4n) is 2.69. The fourth-order valence-corrected chi connectivity index (χ4v) is 2.69. The molecular formula is C19H24O. The van der Waals surface area contributed by atoms with Gasteiger partial charge in [0.05, 0.1) is 0 Å². The fraction of sp³-hybridized carbons (Fsp3) is 0.421. The van der Waals surface area contributed by atoms with Crippen molar-refractivity contribution in [3.8, 4) is 0 Å². The molecule has 1 nitrogen and oxygen atoms in total. The summed E-state index contributed by atoms with van der Waals surface area (Å²) >= 11 is 0. The van der Waals surface area contributed by atoms with Gasteiger partial charge in [-0.15, -0.1) is 0 Å². The third-order valence-electron chi connectivity index (χ3n) is 4.09. The van der Waals surface area contributed by atoms with Crippen LogP contribution in [0.1, 0.15) is 56.3 Å². The van der Waals surface area contributed by atoms with E-state index in [0.717, 1.165) is 17.4 Å². The molecule has 2 aromatic carbocycles. The standard InChI is InChI=1S/C19H24O/c1-3-5-8-15(4-2)13-19(20)18-12-11-16-9-6-7-10-17(16)14-18/h6-7,9-12,14-15H,3-5,8,13H2,1-2H3. The molecule has 2 rings (SSSR count). The Balaban J connectivity index is 2.10. The number of ketones is 1. The topological polar surface area (TPSA) is 17.1 Å². The summed E-state index contributed by atoms with van der Waals surface area (Å²) in [6.07, 6.45) is 5.39. The Bertz CT molecular complexity index is 571. The van der Waals surface area contributed by atoms with E-state index in [1.807, 2.05) is 24.3 Å². The zero-order valence-electron chi connectivity index (χ0n) is 12.6. The summed E-state index contributed by atoms with van der Waals surface area (Å²) in [5.74, 6) is 0.827. The zero-order chi connectivity index (χ0) is 14.4. The average Bonchev–Trinajstić information content (AvgIpc) is 2.50. The molecule has 1 heteroatoms. The van der Waals surface area contributed by atoms with Crippen LogP contribution in [0.5, 0.6) is 0 Å². The largest absolute Gasteiger partial charge is 0.294 e. The summed E-state index contributed by atoms with van der Waals surface area (Å²) in [4.78, 5) is 12.4. The van der Waals surface area contributed by atoms with Crippen molar-refractivity contribution in [1.82, 2.24) is 0 Å². The first-order valence-electron chi connectivity index (χ1n) is 7.76. The van der Waals surface area contributed by atoms with E-state index in [9.17, 15) is 4.79 Å². The van der Waals surface area contributed by atoms with E-state index in [4.69, 9.17) is 0 Å². The number of carbonyl (C=O) groups excluding carboxylic acids is 1. The molecule has 0 bridgehead atoms. The maximum absolute atomic E-state index is 12.4. The Labute approximate surface area is 122 Å². The maximum atomic E-state index is 12.4. The van der Waals surface area contributed by atoms with Crippen molar-refractivity contribution >= 4 is 16.6 Å². The van der Waals surface area contributed by atoms with Crippen molar-refractivity contribution in [3.63, 3.8) is 0 Å². The Morgan fingerprint density at radius 2 is 1.80 bits per heavy atom. The minimum Gasteiger partial charge on any atom is -0.294 e. The highest BCUT2D eigenvalue weighted by Crippen LogP contribution is 2.21. The molecule has 0 saturated heterocycles. The number of rotatable bonds is 7. The van der Waals surface area contributed by atoms with Crippen molar-refractivity contribution in [2.24, 2.45) is 5.92 Å². The molecule has 0 aliphatic carbocycles. The molecule has 0 aromatic heterocycles. The van der Waals surface area contributed by atoms with E-state index >= 15 is 0 Å². The summed E-state index contributed by atoms with van der Waals surface area (Å²) in [5, 5.41) is 2.35. The SMILES string of the molecule is CCCCC(CC)CC(=O)c1ccc2ccccc2c1. The molecule has 20 heavy (non-hydrogen) atoms. The highest BCUT2D eigenvalue weighted by Gasteiger charge is 2.13. The molecule has 0 N–H and O–H groups in total. The van der Waals surface area contributed by atoms with Crippen LogP contribution in [0.2, 0.25) is 0 Å². The number of unbranched alkanes of at least 4 members (excludes halogenated alkanes) is 1. The van der Waals surface area contributed by atoms with Gasteiger partial charge < -0.3 is 0 Å². The summed E-state index contributed by atoms with van der Waals surface area (Å²) in [5.41, 5.74) is 0.860. The lowest BCUT2D eigenvalue weighted by molar-refractivity contribution is 0.0957. The first-order valence-corrected chi connectivity index (χ1v) is 7.76. The van der Waals surface area contributed by atoms with Crippen LogP contribution in [0.15, 0.2) is 42.5 Å². The molecule has 0 spiro atoms. The second kappa shape index (κ2) is 7.23. The highest BCUT2D eigenvalue weighted by molar-refractivity contribution is 6.00. The molecule has 0 amide bonds. The van der Waals surface area contributed by atoms with Crippen LogP contribution in [-0.2, 0) is 0 Å². The van der Waals surface area contributed by atoms with Crippen molar-refractivity contribution in [1.29, 1.82) is 0 Å². The van der Waals surface area contributed by atoms with E-state index in [1.165, 1.54) is 24.6 Å². The zero-order valence-corrected chi connectivity index (χ0v) is 12.6. The van der Waals surface area contributed by atoms with E-state index in [2.05, 4.69) is 32.0 Å². The molecule has 1 unspecified atom stereocenters. The van der Waals surface area contributed by atoms with Crippen molar-refractivity contribution in [3.05, 3.63) is 48.0 Å². The van der Waals surface area contributed by atoms with E-state index in [-0.39, 0.29) is 0 Å². The van der Waals surface area contributed by atoms with E-state index in [1.54, 1.807) is 0 Å². The minimum atomic E-state index is 0.290. The van der Waals surface area contributed by atoms with Gasteiger partial charge in [-0.1, -0.05) is 75.9 Å². The van der Waals surface area contributed by atoms with Crippen molar-refractivity contribution < 1.29 is 4.79 Å². The van der Waals surface area contributed by atoms with Gasteiger partial charge in [0.2, 0.25) is 0 Å². The van der Waals surface area contributed by atoms with Gasteiger partial charge >= 0.3 is 0 Å². The Morgan fingerprint density at radius 1 is 1.05 bits per heavy atom. The first kappa shape index (κ1) is 14.8. The van der Waals surface area contributed by atoms with E-state index < -0.39 is 0 Å². The smallest absolute Gasteiger partial charge is 0.163 e. The van der Waals surface area contributed by atoms with Gasteiger partial charge in [0.15, 0.2) is 5.78 Å². The van der Waals surface area contributed by atoms with Gasteiger partial charge in [-0.3, -0.25) is 4.79 Å². The normalized spacial score (nSPS) is 12.5. The van der Waals surface area contributed by atoms with Gasteiger partial charge in [0.25, 0.3) is 0 Å². The van der Waals surface area contributed by atoms with Gasteiger partial charge in [-0.05, 0) is 22.8 Å². The lowest BCUT2D eigenvalue weighted by atomic mass is 9.91. The van der Waals surface area contributed by atoms with Crippen LogP contribution in [0.25, 0.3) is 10.8 Å². The third kappa shape index (κ3) is 3.69. The second-order valence-corrected chi connectivity index (χ2v) is 5.61. The molecule has 1 atom stereocenters. The lowest BCUT2D eigenvalue weighted by Crippen LogP contribution is -2.08. The third-order valence-corrected chi connectivity index (χ3v) is 4.09. The number of carbonyl (C=O) groups is 1.